The fraction of sp³-hybridized carbons (Fsp3) is 0.0769. The molecule has 1 aliphatic rings. The number of amides is 3. The van der Waals surface area contributed by atoms with Crippen LogP contribution in [0.4, 0.5) is 17.1 Å². The Kier molecular flexibility index (Phi) is 7.03. The molecule has 0 spiro atoms. The summed E-state index contributed by atoms with van der Waals surface area (Å²) in [6.45, 7) is 0. The van der Waals surface area contributed by atoms with Gasteiger partial charge in [-0.05, 0) is 66.7 Å². The summed E-state index contributed by atoms with van der Waals surface area (Å²) in [6.07, 6.45) is 0. The predicted octanol–water partition coefficient (Wildman–Crippen LogP) is 4.17. The van der Waals surface area contributed by atoms with Crippen LogP contribution in [-0.4, -0.2) is 37.9 Å². The maximum Gasteiger partial charge on any atom is 0.337 e. The average Bonchev–Trinajstić information content (AvgIpc) is 3.11. The Morgan fingerprint density at radius 1 is 0.833 bits per heavy atom. The lowest BCUT2D eigenvalue weighted by molar-refractivity contribution is -0.120. The van der Waals surface area contributed by atoms with Gasteiger partial charge in [-0.25, -0.2) is 9.69 Å². The molecule has 3 aromatic carbocycles. The van der Waals surface area contributed by atoms with E-state index in [0.29, 0.717) is 28.4 Å². The zero-order valence-electron chi connectivity index (χ0n) is 19.2. The molecule has 9 nitrogen and oxygen atoms in total. The molecule has 0 saturated heterocycles. The van der Waals surface area contributed by atoms with Gasteiger partial charge in [0, 0.05) is 16.9 Å². The van der Waals surface area contributed by atoms with Crippen molar-refractivity contribution in [3.05, 3.63) is 94.7 Å². The minimum atomic E-state index is -0.668. The van der Waals surface area contributed by atoms with Crippen LogP contribution in [0.1, 0.15) is 20.7 Å². The maximum absolute atomic E-state index is 13.0. The third-order valence-electron chi connectivity index (χ3n) is 5.32. The van der Waals surface area contributed by atoms with Crippen LogP contribution in [0.5, 0.6) is 5.75 Å². The fourth-order valence-corrected chi connectivity index (χ4v) is 3.68. The van der Waals surface area contributed by atoms with Gasteiger partial charge in [-0.3, -0.25) is 14.4 Å². The molecule has 0 atom stereocenters. The average molecular weight is 506 g/mol. The van der Waals surface area contributed by atoms with Gasteiger partial charge in [-0.15, -0.1) is 0 Å². The highest BCUT2D eigenvalue weighted by atomic mass is 35.5. The Balaban J connectivity index is 1.49. The topological polar surface area (TPSA) is 114 Å². The molecule has 0 radical (unpaired) electrons. The molecular formula is C26H20ClN3O6. The Hall–Kier alpha value is -4.63. The number of anilines is 3. The first-order valence-electron chi connectivity index (χ1n) is 10.6. The molecule has 1 heterocycles. The maximum atomic E-state index is 13.0. The van der Waals surface area contributed by atoms with E-state index in [1.54, 1.807) is 54.6 Å². The first-order chi connectivity index (χ1) is 17.3. The number of esters is 1. The third-order valence-corrected chi connectivity index (χ3v) is 5.67. The molecule has 0 bridgehead atoms. The number of hydrogen-bond donors (Lipinski definition) is 2. The number of nitrogens with one attached hydrogen (secondary N) is 2. The molecule has 0 aromatic heterocycles. The van der Waals surface area contributed by atoms with E-state index >= 15 is 0 Å². The quantitative estimate of drug-likeness (QED) is 0.366. The second kappa shape index (κ2) is 10.3. The Morgan fingerprint density at radius 2 is 1.53 bits per heavy atom. The lowest BCUT2D eigenvalue weighted by Gasteiger charge is -2.15. The normalized spacial score (nSPS) is 13.0. The van der Waals surface area contributed by atoms with E-state index in [4.69, 9.17) is 16.3 Å². The largest absolute Gasteiger partial charge is 0.497 e. The van der Waals surface area contributed by atoms with Gasteiger partial charge in [0.25, 0.3) is 17.7 Å². The van der Waals surface area contributed by atoms with Gasteiger partial charge < -0.3 is 20.1 Å². The molecule has 0 unspecified atom stereocenters. The van der Waals surface area contributed by atoms with Crippen molar-refractivity contribution < 1.29 is 28.7 Å². The molecule has 4 rings (SSSR count). The van der Waals surface area contributed by atoms with Gasteiger partial charge in [-0.1, -0.05) is 17.7 Å². The molecule has 0 aliphatic carbocycles. The van der Waals surface area contributed by atoms with Crippen molar-refractivity contribution in [2.75, 3.05) is 29.8 Å². The second-order valence-electron chi connectivity index (χ2n) is 7.56. The van der Waals surface area contributed by atoms with E-state index < -0.39 is 23.7 Å². The molecule has 10 heteroatoms. The SMILES string of the molecule is COC(=O)c1ccc(NC(=O)c2cccc(NC3=C(Cl)C(=O)N(c4ccc(OC)cc4)C3=O)c2)cc1. The van der Waals surface area contributed by atoms with Gasteiger partial charge in [0.05, 0.1) is 25.5 Å². The van der Waals surface area contributed by atoms with Crippen LogP contribution in [0.25, 0.3) is 0 Å². The van der Waals surface area contributed by atoms with E-state index in [1.165, 1.54) is 32.4 Å². The Labute approximate surface area is 211 Å². The molecule has 1 aliphatic heterocycles. The first-order valence-corrected chi connectivity index (χ1v) is 11.0. The number of nitrogens with zero attached hydrogens (tertiary/aromatic N) is 1. The van der Waals surface area contributed by atoms with Crippen LogP contribution < -0.4 is 20.3 Å². The van der Waals surface area contributed by atoms with Crippen LogP contribution in [0.15, 0.2) is 83.5 Å². The molecule has 36 heavy (non-hydrogen) atoms. The van der Waals surface area contributed by atoms with Crippen LogP contribution in [0.2, 0.25) is 0 Å². The zero-order valence-corrected chi connectivity index (χ0v) is 20.0. The highest BCUT2D eigenvalue weighted by Gasteiger charge is 2.39. The van der Waals surface area contributed by atoms with E-state index in [1.807, 2.05) is 0 Å². The standard InChI is InChI=1S/C26H20ClN3O6/c1-35-20-12-10-19(11-13-20)30-24(32)21(27)22(25(30)33)28-18-5-3-4-16(14-18)23(31)29-17-8-6-15(7-9-17)26(34)36-2/h3-14,28H,1-2H3,(H,29,31). The van der Waals surface area contributed by atoms with Crippen molar-refractivity contribution in [3.63, 3.8) is 0 Å². The molecule has 3 amide bonds. The van der Waals surface area contributed by atoms with Crippen LogP contribution in [-0.2, 0) is 14.3 Å². The summed E-state index contributed by atoms with van der Waals surface area (Å²) in [5.74, 6) is -1.62. The third kappa shape index (κ3) is 4.91. The monoisotopic (exact) mass is 505 g/mol. The van der Waals surface area contributed by atoms with Crippen molar-refractivity contribution >= 4 is 52.4 Å². The van der Waals surface area contributed by atoms with E-state index in [2.05, 4.69) is 15.4 Å². The fourth-order valence-electron chi connectivity index (χ4n) is 3.47. The van der Waals surface area contributed by atoms with Crippen molar-refractivity contribution in [3.8, 4) is 5.75 Å². The molecule has 2 N–H and O–H groups in total. The smallest absolute Gasteiger partial charge is 0.337 e. The summed E-state index contributed by atoms with van der Waals surface area (Å²) in [4.78, 5) is 50.9. The number of ether oxygens (including phenoxy) is 2. The minimum Gasteiger partial charge on any atom is -0.497 e. The molecular weight excluding hydrogens is 486 g/mol. The van der Waals surface area contributed by atoms with Crippen LogP contribution in [0, 0.1) is 0 Å². The van der Waals surface area contributed by atoms with Crippen molar-refractivity contribution in [1.82, 2.24) is 0 Å². The van der Waals surface area contributed by atoms with Gasteiger partial charge in [0.15, 0.2) is 0 Å². The van der Waals surface area contributed by atoms with E-state index in [9.17, 15) is 19.2 Å². The van der Waals surface area contributed by atoms with Crippen molar-refractivity contribution in [2.45, 2.75) is 0 Å². The van der Waals surface area contributed by atoms with Crippen molar-refractivity contribution in [2.24, 2.45) is 0 Å². The second-order valence-corrected chi connectivity index (χ2v) is 7.94. The summed E-state index contributed by atoms with van der Waals surface area (Å²) >= 11 is 6.20. The van der Waals surface area contributed by atoms with Gasteiger partial charge in [0.1, 0.15) is 16.5 Å². The van der Waals surface area contributed by atoms with Crippen molar-refractivity contribution in [1.29, 1.82) is 0 Å². The van der Waals surface area contributed by atoms with Gasteiger partial charge >= 0.3 is 5.97 Å². The number of carbonyl (C=O) groups is 4. The zero-order chi connectivity index (χ0) is 25.8. The van der Waals surface area contributed by atoms with E-state index in [0.717, 1.165) is 4.90 Å². The minimum absolute atomic E-state index is 0.103. The Bertz CT molecular complexity index is 1380. The summed E-state index contributed by atoms with van der Waals surface area (Å²) in [6, 6.07) is 19.0. The first kappa shape index (κ1) is 24.5. The highest BCUT2D eigenvalue weighted by molar-refractivity contribution is 6.53. The summed E-state index contributed by atoms with van der Waals surface area (Å²) < 4.78 is 9.76. The van der Waals surface area contributed by atoms with Gasteiger partial charge in [0.2, 0.25) is 0 Å². The number of halogens is 1. The number of benzene rings is 3. The lowest BCUT2D eigenvalue weighted by atomic mass is 10.1. The molecule has 182 valence electrons. The Morgan fingerprint density at radius 3 is 2.17 bits per heavy atom. The van der Waals surface area contributed by atoms with Crippen LogP contribution in [0.3, 0.4) is 0 Å². The van der Waals surface area contributed by atoms with Crippen LogP contribution >= 0.6 is 11.6 Å². The number of carbonyl (C=O) groups excluding carboxylic acids is 4. The number of imide groups is 1. The summed E-state index contributed by atoms with van der Waals surface area (Å²) in [7, 11) is 2.80. The lowest BCUT2D eigenvalue weighted by Crippen LogP contribution is -2.32. The number of methoxy groups -OCH3 is 2. The summed E-state index contributed by atoms with van der Waals surface area (Å²) in [5, 5.41) is 5.32. The molecule has 0 saturated carbocycles. The highest BCUT2D eigenvalue weighted by Crippen LogP contribution is 2.31. The number of rotatable bonds is 7. The molecule has 3 aromatic rings. The van der Waals surface area contributed by atoms with Gasteiger partial charge in [-0.2, -0.15) is 0 Å². The van der Waals surface area contributed by atoms with E-state index in [-0.39, 0.29) is 16.3 Å². The number of hydrogen-bond acceptors (Lipinski definition) is 7. The molecule has 0 fully saturated rings. The summed E-state index contributed by atoms with van der Waals surface area (Å²) in [5.41, 5.74) is 1.74. The predicted molar refractivity (Wildman–Crippen MR) is 134 cm³/mol.